The molecule has 0 aliphatic carbocycles. The minimum atomic E-state index is -0.102. The van der Waals surface area contributed by atoms with Crippen molar-refractivity contribution in [2.24, 2.45) is 0 Å². The minimum absolute atomic E-state index is 0.0121. The van der Waals surface area contributed by atoms with Gasteiger partial charge in [0.15, 0.2) is 0 Å². The molecule has 1 rings (SSSR count). The number of hydrogen-bond acceptors (Lipinski definition) is 4. The molecule has 0 aromatic heterocycles. The molecule has 1 unspecified atom stereocenters. The van der Waals surface area contributed by atoms with Crippen LogP contribution in [-0.4, -0.2) is 61.6 Å². The molecule has 0 aromatic carbocycles. The summed E-state index contributed by atoms with van der Waals surface area (Å²) in [5, 5.41) is 0. The molecule has 0 aromatic rings. The molecule has 16 heavy (non-hydrogen) atoms. The summed E-state index contributed by atoms with van der Waals surface area (Å²) in [5.74, 6) is -0.102. The Morgan fingerprint density at radius 3 is 2.75 bits per heavy atom. The van der Waals surface area contributed by atoms with Crippen molar-refractivity contribution >= 4 is 5.97 Å². The Morgan fingerprint density at radius 1 is 1.50 bits per heavy atom. The quantitative estimate of drug-likeness (QED) is 0.671. The van der Waals surface area contributed by atoms with Gasteiger partial charge >= 0.3 is 5.97 Å². The number of ether oxygens (including phenoxy) is 1. The fourth-order valence-corrected chi connectivity index (χ4v) is 2.08. The number of piperidine rings is 1. The van der Waals surface area contributed by atoms with Crippen molar-refractivity contribution in [2.75, 3.05) is 33.7 Å². The Labute approximate surface area is 98.5 Å². The highest BCUT2D eigenvalue weighted by Crippen LogP contribution is 2.13. The van der Waals surface area contributed by atoms with E-state index in [0.717, 1.165) is 19.5 Å². The normalized spacial score (nSPS) is 22.8. The van der Waals surface area contributed by atoms with E-state index < -0.39 is 0 Å². The Hall–Kier alpha value is -0.610. The average molecular weight is 228 g/mol. The van der Waals surface area contributed by atoms with Gasteiger partial charge in [0.05, 0.1) is 12.6 Å². The van der Waals surface area contributed by atoms with E-state index in [9.17, 15) is 4.79 Å². The number of hydrogen-bond donors (Lipinski definition) is 0. The molecule has 0 radical (unpaired) electrons. The zero-order valence-electron chi connectivity index (χ0n) is 10.9. The summed E-state index contributed by atoms with van der Waals surface area (Å²) in [6.45, 7) is 6.19. The lowest BCUT2D eigenvalue weighted by Crippen LogP contribution is -2.47. The van der Waals surface area contributed by atoms with Gasteiger partial charge < -0.3 is 9.64 Å². The van der Waals surface area contributed by atoms with Crippen molar-refractivity contribution in [1.82, 2.24) is 9.80 Å². The number of carbonyl (C=O) groups is 1. The van der Waals surface area contributed by atoms with Gasteiger partial charge in [0.1, 0.15) is 0 Å². The van der Waals surface area contributed by atoms with Crippen LogP contribution in [0.15, 0.2) is 0 Å². The first kappa shape index (κ1) is 13.5. The van der Waals surface area contributed by atoms with Crippen LogP contribution in [0.3, 0.4) is 0 Å². The molecule has 0 spiro atoms. The fourth-order valence-electron chi connectivity index (χ4n) is 2.08. The van der Waals surface area contributed by atoms with Crippen LogP contribution < -0.4 is 0 Å². The number of likely N-dealkylation sites (N-methyl/N-ethyl adjacent to an activating group) is 1. The topological polar surface area (TPSA) is 32.8 Å². The maximum Gasteiger partial charge on any atom is 0.320 e. The highest BCUT2D eigenvalue weighted by Gasteiger charge is 2.23. The lowest BCUT2D eigenvalue weighted by Gasteiger charge is -2.35. The number of esters is 1. The van der Waals surface area contributed by atoms with Crippen LogP contribution in [-0.2, 0) is 9.53 Å². The summed E-state index contributed by atoms with van der Waals surface area (Å²) in [6, 6.07) is 0.570. The average Bonchev–Trinajstić information content (AvgIpc) is 2.16. The second-order valence-electron chi connectivity index (χ2n) is 5.03. The van der Waals surface area contributed by atoms with E-state index in [2.05, 4.69) is 23.9 Å². The molecule has 1 aliphatic rings. The first-order chi connectivity index (χ1) is 7.49. The van der Waals surface area contributed by atoms with Crippen LogP contribution in [0, 0.1) is 0 Å². The maximum atomic E-state index is 11.5. The molecule has 1 atom stereocenters. The van der Waals surface area contributed by atoms with Gasteiger partial charge in [-0.1, -0.05) is 0 Å². The van der Waals surface area contributed by atoms with Crippen LogP contribution in [0.2, 0.25) is 0 Å². The van der Waals surface area contributed by atoms with Gasteiger partial charge in [-0.2, -0.15) is 0 Å². The first-order valence-electron chi connectivity index (χ1n) is 6.07. The Balaban J connectivity index is 2.34. The first-order valence-corrected chi connectivity index (χ1v) is 6.07. The van der Waals surface area contributed by atoms with Crippen LogP contribution in [0.1, 0.15) is 26.7 Å². The Kier molecular flexibility index (Phi) is 5.22. The van der Waals surface area contributed by atoms with Gasteiger partial charge in [0, 0.05) is 12.6 Å². The van der Waals surface area contributed by atoms with Gasteiger partial charge in [-0.15, -0.1) is 0 Å². The number of carbonyl (C=O) groups excluding carboxylic acids is 1. The minimum Gasteiger partial charge on any atom is -0.462 e. The summed E-state index contributed by atoms with van der Waals surface area (Å²) in [7, 11) is 4.20. The van der Waals surface area contributed by atoms with Gasteiger partial charge in [0.2, 0.25) is 0 Å². The standard InChI is InChI=1S/C12H24N2O2/c1-10(2)16-12(15)9-14-7-5-6-11(8-14)13(3)4/h10-11H,5-9H2,1-4H3. The third-order valence-electron chi connectivity index (χ3n) is 2.93. The maximum absolute atomic E-state index is 11.5. The molecule has 0 saturated carbocycles. The summed E-state index contributed by atoms with van der Waals surface area (Å²) in [5.41, 5.74) is 0. The predicted octanol–water partition coefficient (Wildman–Crippen LogP) is 0.964. The molecular weight excluding hydrogens is 204 g/mol. The molecule has 1 heterocycles. The molecule has 1 saturated heterocycles. The third kappa shape index (κ3) is 4.49. The van der Waals surface area contributed by atoms with Crippen LogP contribution in [0.25, 0.3) is 0 Å². The van der Waals surface area contributed by atoms with Crippen molar-refractivity contribution in [1.29, 1.82) is 0 Å². The predicted molar refractivity (Wildman–Crippen MR) is 64.4 cm³/mol. The summed E-state index contributed by atoms with van der Waals surface area (Å²) < 4.78 is 5.15. The second kappa shape index (κ2) is 6.21. The van der Waals surface area contributed by atoms with Gasteiger partial charge in [-0.25, -0.2) is 0 Å². The molecule has 4 heteroatoms. The number of nitrogens with zero attached hydrogens (tertiary/aromatic N) is 2. The molecular formula is C12H24N2O2. The second-order valence-corrected chi connectivity index (χ2v) is 5.03. The zero-order chi connectivity index (χ0) is 12.1. The Morgan fingerprint density at radius 2 is 2.19 bits per heavy atom. The van der Waals surface area contributed by atoms with E-state index in [1.165, 1.54) is 6.42 Å². The summed E-state index contributed by atoms with van der Waals surface area (Å²) in [4.78, 5) is 16.0. The van der Waals surface area contributed by atoms with Crippen molar-refractivity contribution in [3.63, 3.8) is 0 Å². The van der Waals surface area contributed by atoms with Crippen LogP contribution in [0.4, 0.5) is 0 Å². The Bertz CT molecular complexity index is 229. The van der Waals surface area contributed by atoms with Gasteiger partial charge in [-0.05, 0) is 47.3 Å². The third-order valence-corrected chi connectivity index (χ3v) is 2.93. The zero-order valence-corrected chi connectivity index (χ0v) is 10.9. The van der Waals surface area contributed by atoms with E-state index in [1.807, 2.05) is 13.8 Å². The highest BCUT2D eigenvalue weighted by molar-refractivity contribution is 5.71. The summed E-state index contributed by atoms with van der Waals surface area (Å²) >= 11 is 0. The SMILES string of the molecule is CC(C)OC(=O)CN1CCCC(N(C)C)C1. The molecule has 0 amide bonds. The molecule has 0 N–H and O–H groups in total. The molecule has 1 fully saturated rings. The van der Waals surface area contributed by atoms with E-state index in [-0.39, 0.29) is 12.1 Å². The van der Waals surface area contributed by atoms with E-state index in [0.29, 0.717) is 12.6 Å². The molecule has 1 aliphatic heterocycles. The molecule has 0 bridgehead atoms. The largest absolute Gasteiger partial charge is 0.462 e. The van der Waals surface area contributed by atoms with E-state index in [4.69, 9.17) is 4.74 Å². The van der Waals surface area contributed by atoms with Gasteiger partial charge in [-0.3, -0.25) is 9.69 Å². The molecule has 94 valence electrons. The van der Waals surface area contributed by atoms with Crippen LogP contribution >= 0.6 is 0 Å². The van der Waals surface area contributed by atoms with Crippen molar-refractivity contribution in [2.45, 2.75) is 38.8 Å². The van der Waals surface area contributed by atoms with E-state index in [1.54, 1.807) is 0 Å². The smallest absolute Gasteiger partial charge is 0.320 e. The fraction of sp³-hybridized carbons (Fsp3) is 0.917. The lowest BCUT2D eigenvalue weighted by molar-refractivity contribution is -0.149. The van der Waals surface area contributed by atoms with Crippen molar-refractivity contribution in [3.8, 4) is 0 Å². The molecule has 4 nitrogen and oxygen atoms in total. The van der Waals surface area contributed by atoms with Crippen molar-refractivity contribution in [3.05, 3.63) is 0 Å². The lowest BCUT2D eigenvalue weighted by atomic mass is 10.1. The van der Waals surface area contributed by atoms with Crippen LogP contribution in [0.5, 0.6) is 0 Å². The summed E-state index contributed by atoms with van der Waals surface area (Å²) in [6.07, 6.45) is 2.38. The number of rotatable bonds is 4. The monoisotopic (exact) mass is 228 g/mol. The number of likely N-dealkylation sites (tertiary alicyclic amines) is 1. The van der Waals surface area contributed by atoms with E-state index >= 15 is 0 Å². The highest BCUT2D eigenvalue weighted by atomic mass is 16.5. The van der Waals surface area contributed by atoms with Crippen molar-refractivity contribution < 1.29 is 9.53 Å². The van der Waals surface area contributed by atoms with Gasteiger partial charge in [0.25, 0.3) is 0 Å².